The number of amides is 1. The summed E-state index contributed by atoms with van der Waals surface area (Å²) >= 11 is 0. The molecule has 0 radical (unpaired) electrons. The predicted octanol–water partition coefficient (Wildman–Crippen LogP) is 2.86. The lowest BCUT2D eigenvalue weighted by atomic mass is 10.2. The van der Waals surface area contributed by atoms with Crippen molar-refractivity contribution in [2.45, 2.75) is 0 Å². The Labute approximate surface area is 149 Å². The van der Waals surface area contributed by atoms with Gasteiger partial charge in [-0.15, -0.1) is 0 Å². The van der Waals surface area contributed by atoms with Crippen molar-refractivity contribution >= 4 is 23.0 Å². The van der Waals surface area contributed by atoms with Gasteiger partial charge in [0, 0.05) is 11.1 Å². The molecule has 0 spiro atoms. The van der Waals surface area contributed by atoms with Crippen LogP contribution in [0.15, 0.2) is 77.1 Å². The van der Waals surface area contributed by atoms with Crippen molar-refractivity contribution < 1.29 is 9.53 Å². The number of nitrogens with zero attached hydrogens (tertiary/aromatic N) is 1. The highest BCUT2D eigenvalue weighted by molar-refractivity contribution is 5.95. The Hall–Kier alpha value is -3.67. The van der Waals surface area contributed by atoms with E-state index in [1.165, 1.54) is 6.21 Å². The van der Waals surface area contributed by atoms with Crippen LogP contribution in [0.2, 0.25) is 0 Å². The molecule has 0 atom stereocenters. The molecule has 0 aliphatic rings. The molecule has 0 saturated carbocycles. The summed E-state index contributed by atoms with van der Waals surface area (Å²) in [5, 5.41) is 4.75. The number of carbonyl (C=O) groups is 1. The minimum absolute atomic E-state index is 0.273. The molecular weight excluding hydrogens is 330 g/mol. The number of benzene rings is 2. The number of hydrogen-bond acceptors (Lipinski definition) is 4. The van der Waals surface area contributed by atoms with Crippen LogP contribution in [0.25, 0.3) is 10.9 Å². The van der Waals surface area contributed by atoms with Gasteiger partial charge in [0.25, 0.3) is 11.5 Å². The summed E-state index contributed by atoms with van der Waals surface area (Å²) in [4.78, 5) is 26.9. The molecule has 130 valence electrons. The first-order chi connectivity index (χ1) is 12.7. The molecule has 26 heavy (non-hydrogen) atoms. The van der Waals surface area contributed by atoms with Gasteiger partial charge in [0.05, 0.1) is 11.8 Å². The SMILES string of the molecule is C=CCOc1ccc(C(=O)NN=Cc2cc3ccccc3[nH]c2=O)cc1. The lowest BCUT2D eigenvalue weighted by Crippen LogP contribution is -2.19. The fourth-order valence-corrected chi connectivity index (χ4v) is 2.34. The molecular formula is C20H17N3O3. The van der Waals surface area contributed by atoms with Crippen molar-refractivity contribution in [1.29, 1.82) is 0 Å². The fraction of sp³-hybridized carbons (Fsp3) is 0.0500. The minimum atomic E-state index is -0.381. The Kier molecular flexibility index (Phi) is 5.24. The van der Waals surface area contributed by atoms with Crippen molar-refractivity contribution in [3.05, 3.63) is 88.7 Å². The van der Waals surface area contributed by atoms with Crippen LogP contribution >= 0.6 is 0 Å². The van der Waals surface area contributed by atoms with Gasteiger partial charge in [-0.1, -0.05) is 30.9 Å². The highest BCUT2D eigenvalue weighted by atomic mass is 16.5. The largest absolute Gasteiger partial charge is 0.490 e. The van der Waals surface area contributed by atoms with Gasteiger partial charge in [0.1, 0.15) is 12.4 Å². The van der Waals surface area contributed by atoms with Crippen LogP contribution < -0.4 is 15.7 Å². The lowest BCUT2D eigenvalue weighted by molar-refractivity contribution is 0.0955. The topological polar surface area (TPSA) is 83.5 Å². The Bertz CT molecular complexity index is 1020. The van der Waals surface area contributed by atoms with Gasteiger partial charge in [-0.05, 0) is 41.8 Å². The molecule has 3 aromatic rings. The summed E-state index contributed by atoms with van der Waals surface area (Å²) in [7, 11) is 0. The van der Waals surface area contributed by atoms with E-state index in [1.807, 2.05) is 24.3 Å². The van der Waals surface area contributed by atoms with Crippen LogP contribution in [-0.4, -0.2) is 23.7 Å². The van der Waals surface area contributed by atoms with Crippen molar-refractivity contribution in [2.24, 2.45) is 5.10 Å². The Morgan fingerprint density at radius 3 is 2.73 bits per heavy atom. The zero-order chi connectivity index (χ0) is 18.4. The quantitative estimate of drug-likeness (QED) is 0.409. The zero-order valence-corrected chi connectivity index (χ0v) is 13.9. The number of pyridine rings is 1. The van der Waals surface area contributed by atoms with Crippen LogP contribution in [0.3, 0.4) is 0 Å². The molecule has 0 aliphatic carbocycles. The van der Waals surface area contributed by atoms with Gasteiger partial charge >= 0.3 is 0 Å². The smallest absolute Gasteiger partial charge is 0.271 e. The third kappa shape index (κ3) is 4.05. The van der Waals surface area contributed by atoms with Gasteiger partial charge in [0.15, 0.2) is 0 Å². The number of aromatic nitrogens is 1. The van der Waals surface area contributed by atoms with Crippen LogP contribution in [-0.2, 0) is 0 Å². The van der Waals surface area contributed by atoms with Gasteiger partial charge in [-0.25, -0.2) is 5.43 Å². The van der Waals surface area contributed by atoms with E-state index in [2.05, 4.69) is 22.1 Å². The maximum atomic E-state index is 12.1. The van der Waals surface area contributed by atoms with E-state index >= 15 is 0 Å². The Morgan fingerprint density at radius 2 is 1.96 bits per heavy atom. The normalized spacial score (nSPS) is 10.8. The number of carbonyl (C=O) groups excluding carboxylic acids is 1. The molecule has 6 heteroatoms. The number of hydrogen-bond donors (Lipinski definition) is 2. The summed E-state index contributed by atoms with van der Waals surface area (Å²) in [6, 6.07) is 15.8. The summed E-state index contributed by atoms with van der Waals surface area (Å²) < 4.78 is 5.36. The van der Waals surface area contributed by atoms with E-state index in [0.29, 0.717) is 23.5 Å². The molecule has 0 unspecified atom stereocenters. The number of para-hydroxylation sites is 1. The summed E-state index contributed by atoms with van der Waals surface area (Å²) in [6.07, 6.45) is 2.97. The summed E-state index contributed by atoms with van der Waals surface area (Å²) in [5.74, 6) is 0.265. The average molecular weight is 347 g/mol. The van der Waals surface area contributed by atoms with Crippen molar-refractivity contribution in [1.82, 2.24) is 10.4 Å². The molecule has 1 heterocycles. The van der Waals surface area contributed by atoms with Crippen LogP contribution in [0, 0.1) is 0 Å². The van der Waals surface area contributed by atoms with E-state index in [-0.39, 0.29) is 11.5 Å². The maximum absolute atomic E-state index is 12.1. The number of fused-ring (bicyclic) bond motifs is 1. The molecule has 2 N–H and O–H groups in total. The number of rotatable bonds is 6. The summed E-state index contributed by atoms with van der Waals surface area (Å²) in [5.41, 5.74) is 3.67. The van der Waals surface area contributed by atoms with Crippen molar-refractivity contribution in [2.75, 3.05) is 6.61 Å². The van der Waals surface area contributed by atoms with Crippen molar-refractivity contribution in [3.8, 4) is 5.75 Å². The first-order valence-corrected chi connectivity index (χ1v) is 7.96. The molecule has 3 rings (SSSR count). The third-order valence-electron chi connectivity index (χ3n) is 3.64. The predicted molar refractivity (Wildman–Crippen MR) is 102 cm³/mol. The van der Waals surface area contributed by atoms with Gasteiger partial charge in [-0.2, -0.15) is 5.10 Å². The second-order valence-corrected chi connectivity index (χ2v) is 5.46. The third-order valence-corrected chi connectivity index (χ3v) is 3.64. The molecule has 0 saturated heterocycles. The number of aromatic amines is 1. The molecule has 1 amide bonds. The van der Waals surface area contributed by atoms with E-state index in [0.717, 1.165) is 10.9 Å². The van der Waals surface area contributed by atoms with Crippen LogP contribution in [0.4, 0.5) is 0 Å². The van der Waals surface area contributed by atoms with E-state index in [9.17, 15) is 9.59 Å². The Morgan fingerprint density at radius 1 is 1.19 bits per heavy atom. The number of ether oxygens (including phenoxy) is 1. The number of nitrogens with one attached hydrogen (secondary N) is 2. The maximum Gasteiger partial charge on any atom is 0.271 e. The molecule has 0 bridgehead atoms. The number of hydrazone groups is 1. The zero-order valence-electron chi connectivity index (χ0n) is 13.9. The van der Waals surface area contributed by atoms with E-state index in [1.54, 1.807) is 36.4 Å². The number of H-pyrrole nitrogens is 1. The highest BCUT2D eigenvalue weighted by Gasteiger charge is 2.05. The lowest BCUT2D eigenvalue weighted by Gasteiger charge is -2.04. The summed E-state index contributed by atoms with van der Waals surface area (Å²) in [6.45, 7) is 3.97. The highest BCUT2D eigenvalue weighted by Crippen LogP contribution is 2.12. The van der Waals surface area contributed by atoms with E-state index in [4.69, 9.17) is 4.74 Å². The second kappa shape index (κ2) is 7.94. The molecule has 6 nitrogen and oxygen atoms in total. The first-order valence-electron chi connectivity index (χ1n) is 7.96. The van der Waals surface area contributed by atoms with Gasteiger partial charge < -0.3 is 9.72 Å². The minimum Gasteiger partial charge on any atom is -0.490 e. The first kappa shape index (κ1) is 17.2. The second-order valence-electron chi connectivity index (χ2n) is 5.46. The molecule has 0 aliphatic heterocycles. The van der Waals surface area contributed by atoms with Crippen molar-refractivity contribution in [3.63, 3.8) is 0 Å². The molecule has 2 aromatic carbocycles. The van der Waals surface area contributed by atoms with Gasteiger partial charge in [-0.3, -0.25) is 9.59 Å². The fourth-order valence-electron chi connectivity index (χ4n) is 2.34. The Balaban J connectivity index is 1.68. The molecule has 1 aromatic heterocycles. The van der Waals surface area contributed by atoms with Crippen LogP contribution in [0.5, 0.6) is 5.75 Å². The average Bonchev–Trinajstić information content (AvgIpc) is 2.67. The monoisotopic (exact) mass is 347 g/mol. The molecule has 0 fully saturated rings. The standard InChI is InChI=1S/C20H17N3O3/c1-2-11-26-17-9-7-14(8-10-17)20(25)23-21-13-16-12-15-5-3-4-6-18(15)22-19(16)24/h2-10,12-13H,1,11H2,(H,22,24)(H,23,25). The van der Waals surface area contributed by atoms with Crippen LogP contribution in [0.1, 0.15) is 15.9 Å². The van der Waals surface area contributed by atoms with Gasteiger partial charge in [0.2, 0.25) is 0 Å². The van der Waals surface area contributed by atoms with E-state index < -0.39 is 0 Å².